The second kappa shape index (κ2) is 4.77. The van der Waals surface area contributed by atoms with Gasteiger partial charge in [0.25, 0.3) is 0 Å². The molecule has 0 fully saturated rings. The zero-order valence-electron chi connectivity index (χ0n) is 8.88. The topological polar surface area (TPSA) is 55.1 Å². The maximum absolute atomic E-state index is 12.8. The molecule has 0 bridgehead atoms. The number of hydrogen-bond acceptors (Lipinski definition) is 2. The van der Waals surface area contributed by atoms with Crippen LogP contribution in [0.15, 0.2) is 18.2 Å². The highest BCUT2D eigenvalue weighted by Gasteiger charge is 2.10. The normalized spacial score (nSPS) is 12.2. The first-order valence-corrected chi connectivity index (χ1v) is 4.90. The van der Waals surface area contributed by atoms with Gasteiger partial charge < -0.3 is 11.1 Å². The van der Waals surface area contributed by atoms with Gasteiger partial charge in [0, 0.05) is 11.6 Å². The Morgan fingerprint density at radius 3 is 2.80 bits per heavy atom. The molecule has 0 radical (unpaired) electrons. The smallest absolute Gasteiger partial charge is 0.227 e. The Bertz CT molecular complexity index is 366. The SMILES string of the molecule is CC[C@H](C)C(=O)Nc1ccc(F)c(N)c1. The number of benzene rings is 1. The number of rotatable bonds is 3. The Morgan fingerprint density at radius 1 is 1.60 bits per heavy atom. The van der Waals surface area contributed by atoms with Crippen molar-refractivity contribution in [3.05, 3.63) is 24.0 Å². The van der Waals surface area contributed by atoms with Gasteiger partial charge in [0.15, 0.2) is 0 Å². The highest BCUT2D eigenvalue weighted by atomic mass is 19.1. The molecule has 0 spiro atoms. The molecule has 1 amide bonds. The summed E-state index contributed by atoms with van der Waals surface area (Å²) in [5, 5.41) is 2.68. The average molecular weight is 210 g/mol. The van der Waals surface area contributed by atoms with Gasteiger partial charge in [-0.1, -0.05) is 13.8 Å². The molecular weight excluding hydrogens is 195 g/mol. The number of nitrogens with two attached hydrogens (primary N) is 1. The van der Waals surface area contributed by atoms with Crippen LogP contribution in [0.4, 0.5) is 15.8 Å². The molecule has 0 unspecified atom stereocenters. The molecule has 0 aliphatic heterocycles. The molecule has 3 N–H and O–H groups in total. The van der Waals surface area contributed by atoms with E-state index >= 15 is 0 Å². The van der Waals surface area contributed by atoms with Crippen LogP contribution in [0.3, 0.4) is 0 Å². The van der Waals surface area contributed by atoms with E-state index in [2.05, 4.69) is 5.32 Å². The number of anilines is 2. The first-order chi connectivity index (χ1) is 7.04. The van der Waals surface area contributed by atoms with Gasteiger partial charge in [-0.05, 0) is 24.6 Å². The summed E-state index contributed by atoms with van der Waals surface area (Å²) in [5.41, 5.74) is 5.94. The average Bonchev–Trinajstić information content (AvgIpc) is 2.22. The Kier molecular flexibility index (Phi) is 3.66. The van der Waals surface area contributed by atoms with Crippen LogP contribution in [0.25, 0.3) is 0 Å². The monoisotopic (exact) mass is 210 g/mol. The fourth-order valence-electron chi connectivity index (χ4n) is 1.07. The van der Waals surface area contributed by atoms with E-state index in [0.29, 0.717) is 5.69 Å². The van der Waals surface area contributed by atoms with Gasteiger partial charge in [-0.25, -0.2) is 4.39 Å². The third-order valence-electron chi connectivity index (χ3n) is 2.32. The zero-order chi connectivity index (χ0) is 11.4. The van der Waals surface area contributed by atoms with Crippen LogP contribution < -0.4 is 11.1 Å². The summed E-state index contributed by atoms with van der Waals surface area (Å²) in [4.78, 5) is 11.5. The van der Waals surface area contributed by atoms with Crippen molar-refractivity contribution in [1.29, 1.82) is 0 Å². The predicted molar refractivity (Wildman–Crippen MR) is 58.9 cm³/mol. The molecule has 4 heteroatoms. The minimum Gasteiger partial charge on any atom is -0.396 e. The molecule has 3 nitrogen and oxygen atoms in total. The van der Waals surface area contributed by atoms with Crippen LogP contribution in [-0.2, 0) is 4.79 Å². The van der Waals surface area contributed by atoms with Crippen molar-refractivity contribution in [2.75, 3.05) is 11.1 Å². The lowest BCUT2D eigenvalue weighted by Gasteiger charge is -2.10. The fourth-order valence-corrected chi connectivity index (χ4v) is 1.07. The first-order valence-electron chi connectivity index (χ1n) is 4.90. The Balaban J connectivity index is 2.73. The van der Waals surface area contributed by atoms with Gasteiger partial charge in [0.1, 0.15) is 5.82 Å². The molecule has 1 aromatic rings. The second-order valence-electron chi connectivity index (χ2n) is 3.53. The molecular formula is C11H15FN2O. The molecule has 1 aromatic carbocycles. The number of halogens is 1. The number of carbonyl (C=O) groups is 1. The van der Waals surface area contributed by atoms with Gasteiger partial charge in [0.05, 0.1) is 5.69 Å². The Labute approximate surface area is 88.5 Å². The van der Waals surface area contributed by atoms with Crippen LogP contribution in [0.5, 0.6) is 0 Å². The molecule has 15 heavy (non-hydrogen) atoms. The molecule has 0 saturated carbocycles. The standard InChI is InChI=1S/C11H15FN2O/c1-3-7(2)11(15)14-8-4-5-9(12)10(13)6-8/h4-7H,3,13H2,1-2H3,(H,14,15)/t7-/m0/s1. The lowest BCUT2D eigenvalue weighted by Crippen LogP contribution is -2.19. The molecule has 82 valence electrons. The summed E-state index contributed by atoms with van der Waals surface area (Å²) in [7, 11) is 0. The van der Waals surface area contributed by atoms with Crippen molar-refractivity contribution in [2.45, 2.75) is 20.3 Å². The van der Waals surface area contributed by atoms with Gasteiger partial charge in [-0.15, -0.1) is 0 Å². The van der Waals surface area contributed by atoms with Crippen LogP contribution in [-0.4, -0.2) is 5.91 Å². The van der Waals surface area contributed by atoms with Crippen molar-refractivity contribution in [3.63, 3.8) is 0 Å². The quantitative estimate of drug-likeness (QED) is 0.752. The lowest BCUT2D eigenvalue weighted by molar-refractivity contribution is -0.119. The number of carbonyl (C=O) groups excluding carboxylic acids is 1. The number of hydrogen-bond donors (Lipinski definition) is 2. The molecule has 0 aromatic heterocycles. The number of nitrogens with one attached hydrogen (secondary N) is 1. The predicted octanol–water partition coefficient (Wildman–Crippen LogP) is 2.39. The maximum atomic E-state index is 12.8. The Morgan fingerprint density at radius 2 is 2.27 bits per heavy atom. The first kappa shape index (κ1) is 11.5. The van der Waals surface area contributed by atoms with E-state index in [1.54, 1.807) is 0 Å². The summed E-state index contributed by atoms with van der Waals surface area (Å²) in [6, 6.07) is 4.14. The molecule has 1 atom stereocenters. The second-order valence-corrected chi connectivity index (χ2v) is 3.53. The minimum atomic E-state index is -0.475. The van der Waals surface area contributed by atoms with E-state index in [9.17, 15) is 9.18 Å². The van der Waals surface area contributed by atoms with Gasteiger partial charge in [-0.2, -0.15) is 0 Å². The highest BCUT2D eigenvalue weighted by Crippen LogP contribution is 2.17. The Hall–Kier alpha value is -1.58. The van der Waals surface area contributed by atoms with E-state index < -0.39 is 5.82 Å². The van der Waals surface area contributed by atoms with Gasteiger partial charge in [-0.3, -0.25) is 4.79 Å². The summed E-state index contributed by atoms with van der Waals surface area (Å²) in [6.07, 6.45) is 0.766. The molecule has 1 rings (SSSR count). The van der Waals surface area contributed by atoms with Crippen LogP contribution in [0, 0.1) is 11.7 Å². The fraction of sp³-hybridized carbons (Fsp3) is 0.364. The third kappa shape index (κ3) is 2.94. The molecule has 0 aliphatic rings. The van der Waals surface area contributed by atoms with E-state index in [1.807, 2.05) is 13.8 Å². The van der Waals surface area contributed by atoms with Crippen molar-refractivity contribution in [2.24, 2.45) is 5.92 Å². The zero-order valence-corrected chi connectivity index (χ0v) is 8.88. The molecule has 0 saturated heterocycles. The number of nitrogen functional groups attached to an aromatic ring is 1. The van der Waals surface area contributed by atoms with Crippen molar-refractivity contribution in [1.82, 2.24) is 0 Å². The highest BCUT2D eigenvalue weighted by molar-refractivity contribution is 5.92. The lowest BCUT2D eigenvalue weighted by atomic mass is 10.1. The number of amides is 1. The molecule has 0 heterocycles. The maximum Gasteiger partial charge on any atom is 0.227 e. The van der Waals surface area contributed by atoms with E-state index in [0.717, 1.165) is 6.42 Å². The van der Waals surface area contributed by atoms with E-state index in [4.69, 9.17) is 5.73 Å². The van der Waals surface area contributed by atoms with Gasteiger partial charge >= 0.3 is 0 Å². The van der Waals surface area contributed by atoms with Crippen LogP contribution in [0.2, 0.25) is 0 Å². The van der Waals surface area contributed by atoms with Crippen LogP contribution >= 0.6 is 0 Å². The van der Waals surface area contributed by atoms with Gasteiger partial charge in [0.2, 0.25) is 5.91 Å². The summed E-state index contributed by atoms with van der Waals surface area (Å²) in [6.45, 7) is 3.77. The third-order valence-corrected chi connectivity index (χ3v) is 2.32. The van der Waals surface area contributed by atoms with E-state index in [-0.39, 0.29) is 17.5 Å². The summed E-state index contributed by atoms with van der Waals surface area (Å²) < 4.78 is 12.8. The van der Waals surface area contributed by atoms with Crippen LogP contribution in [0.1, 0.15) is 20.3 Å². The largest absolute Gasteiger partial charge is 0.396 e. The summed E-state index contributed by atoms with van der Waals surface area (Å²) in [5.74, 6) is -0.615. The van der Waals surface area contributed by atoms with Crippen molar-refractivity contribution < 1.29 is 9.18 Å². The van der Waals surface area contributed by atoms with E-state index in [1.165, 1.54) is 18.2 Å². The molecule has 0 aliphatic carbocycles. The summed E-state index contributed by atoms with van der Waals surface area (Å²) >= 11 is 0. The van der Waals surface area contributed by atoms with Crippen molar-refractivity contribution >= 4 is 17.3 Å². The minimum absolute atomic E-state index is 0.0388. The van der Waals surface area contributed by atoms with Crippen molar-refractivity contribution in [3.8, 4) is 0 Å².